The highest BCUT2D eigenvalue weighted by atomic mass is 35.5. The van der Waals surface area contributed by atoms with Gasteiger partial charge in [0, 0.05) is 17.6 Å². The summed E-state index contributed by atoms with van der Waals surface area (Å²) in [6, 6.07) is 3.90. The number of benzene rings is 1. The third-order valence-electron chi connectivity index (χ3n) is 4.87. The van der Waals surface area contributed by atoms with Crippen LogP contribution in [0.4, 0.5) is 5.69 Å². The average Bonchev–Trinajstić information content (AvgIpc) is 2.60. The van der Waals surface area contributed by atoms with E-state index in [1.54, 1.807) is 13.0 Å². The molecular weight excluding hydrogens is 395 g/mol. The number of pyridine rings is 1. The number of ether oxygens (including phenoxy) is 1. The summed E-state index contributed by atoms with van der Waals surface area (Å²) in [7, 11) is 0. The summed E-state index contributed by atoms with van der Waals surface area (Å²) in [4.78, 5) is 16.8. The van der Waals surface area contributed by atoms with Crippen LogP contribution in [-0.2, 0) is 4.74 Å². The van der Waals surface area contributed by atoms with E-state index in [4.69, 9.17) is 27.9 Å². The monoisotopic (exact) mass is 415 g/mol. The summed E-state index contributed by atoms with van der Waals surface area (Å²) in [6.07, 6.45) is 6.23. The predicted octanol–water partition coefficient (Wildman–Crippen LogP) is 2.71. The Morgan fingerprint density at radius 2 is 2.04 bits per heavy atom. The summed E-state index contributed by atoms with van der Waals surface area (Å²) >= 11 is 12.4. The van der Waals surface area contributed by atoms with E-state index in [9.17, 15) is 4.79 Å². The van der Waals surface area contributed by atoms with Crippen LogP contribution in [0.15, 0.2) is 18.3 Å². The van der Waals surface area contributed by atoms with Gasteiger partial charge in [-0.15, -0.1) is 0 Å². The second-order valence-corrected chi connectivity index (χ2v) is 7.32. The highest BCUT2D eigenvalue weighted by molar-refractivity contribution is 6.45. The highest BCUT2D eigenvalue weighted by Crippen LogP contribution is 2.37. The Morgan fingerprint density at radius 3 is 2.73 bits per heavy atom. The lowest BCUT2D eigenvalue weighted by Gasteiger charge is -2.31. The van der Waals surface area contributed by atoms with Crippen LogP contribution in [0.5, 0.6) is 0 Å². The lowest BCUT2D eigenvalue weighted by atomic mass is 9.85. The van der Waals surface area contributed by atoms with E-state index in [1.165, 1.54) is 25.5 Å². The third kappa shape index (κ3) is 4.19. The van der Waals surface area contributed by atoms with Gasteiger partial charge in [0.25, 0.3) is 0 Å². The summed E-state index contributed by atoms with van der Waals surface area (Å²) < 4.78 is 5.21. The molecule has 0 saturated heterocycles. The molecule has 2 atom stereocenters. The number of halogens is 3. The quantitative estimate of drug-likeness (QED) is 0.779. The highest BCUT2D eigenvalue weighted by Gasteiger charge is 2.25. The van der Waals surface area contributed by atoms with E-state index in [2.05, 4.69) is 17.2 Å². The molecule has 1 fully saturated rings. The van der Waals surface area contributed by atoms with Gasteiger partial charge in [-0.1, -0.05) is 43.0 Å². The average molecular weight is 417 g/mol. The fourth-order valence-electron chi connectivity index (χ4n) is 3.44. The Kier molecular flexibility index (Phi) is 7.39. The fourth-order valence-corrected chi connectivity index (χ4v) is 3.81. The number of hydrogen-bond acceptors (Lipinski definition) is 4. The number of esters is 1. The summed E-state index contributed by atoms with van der Waals surface area (Å²) in [5.41, 5.74) is 1.76. The second-order valence-electron chi connectivity index (χ2n) is 6.54. The fraction of sp³-hybridized carbons (Fsp3) is 0.474. The van der Waals surface area contributed by atoms with Crippen molar-refractivity contribution in [2.45, 2.75) is 45.6 Å². The van der Waals surface area contributed by atoms with Crippen molar-refractivity contribution in [2.75, 3.05) is 11.9 Å². The van der Waals surface area contributed by atoms with Gasteiger partial charge in [-0.2, -0.15) is 0 Å². The molecule has 0 amide bonds. The van der Waals surface area contributed by atoms with E-state index in [-0.39, 0.29) is 18.4 Å². The van der Waals surface area contributed by atoms with Gasteiger partial charge >= 0.3 is 5.97 Å². The Labute approximate surface area is 170 Å². The van der Waals surface area contributed by atoms with Gasteiger partial charge in [0.1, 0.15) is 5.56 Å². The number of nitrogens with one attached hydrogen (secondary N) is 1. The van der Waals surface area contributed by atoms with E-state index in [0.717, 1.165) is 17.5 Å². The Hall–Kier alpha value is -1.23. The van der Waals surface area contributed by atoms with Gasteiger partial charge < -0.3 is 22.5 Å². The maximum Gasteiger partial charge on any atom is 0.341 e. The first-order valence-corrected chi connectivity index (χ1v) is 9.48. The van der Waals surface area contributed by atoms with Crippen molar-refractivity contribution in [3.63, 3.8) is 0 Å². The molecule has 1 aromatic carbocycles. The first-order valence-electron chi connectivity index (χ1n) is 8.73. The Morgan fingerprint density at radius 1 is 1.31 bits per heavy atom. The number of carbonyl (C=O) groups excluding carboxylic acids is 1. The van der Waals surface area contributed by atoms with Gasteiger partial charge in [-0.05, 0) is 37.8 Å². The molecule has 3 rings (SSSR count). The molecular formula is C19H22Cl3N2O2-. The van der Waals surface area contributed by atoms with Crippen LogP contribution in [-0.4, -0.2) is 23.6 Å². The largest absolute Gasteiger partial charge is 1.00 e. The maximum atomic E-state index is 12.4. The molecule has 0 radical (unpaired) electrons. The second kappa shape index (κ2) is 9.12. The minimum atomic E-state index is -0.381. The zero-order valence-corrected chi connectivity index (χ0v) is 17.1. The molecule has 142 valence electrons. The summed E-state index contributed by atoms with van der Waals surface area (Å²) in [5, 5.41) is 5.22. The minimum Gasteiger partial charge on any atom is -1.00 e. The maximum absolute atomic E-state index is 12.4. The molecule has 0 bridgehead atoms. The van der Waals surface area contributed by atoms with Crippen LogP contribution in [0.25, 0.3) is 10.9 Å². The molecule has 1 N–H and O–H groups in total. The van der Waals surface area contributed by atoms with Gasteiger partial charge in [-0.25, -0.2) is 4.79 Å². The van der Waals surface area contributed by atoms with Gasteiger partial charge in [0.15, 0.2) is 0 Å². The van der Waals surface area contributed by atoms with Crippen molar-refractivity contribution in [2.24, 2.45) is 5.92 Å². The molecule has 4 nitrogen and oxygen atoms in total. The zero-order chi connectivity index (χ0) is 18.0. The zero-order valence-electron chi connectivity index (χ0n) is 14.8. The molecule has 0 aliphatic heterocycles. The number of carbonyl (C=O) groups is 1. The van der Waals surface area contributed by atoms with E-state index in [1.807, 2.05) is 6.07 Å². The predicted molar refractivity (Wildman–Crippen MR) is 103 cm³/mol. The molecule has 1 aromatic heterocycles. The number of fused-ring (bicyclic) bond motifs is 1. The van der Waals surface area contributed by atoms with Crippen LogP contribution in [0.1, 0.15) is 49.9 Å². The lowest BCUT2D eigenvalue weighted by Crippen LogP contribution is -3.00. The molecule has 1 heterocycles. The molecule has 1 saturated carbocycles. The number of aromatic nitrogens is 1. The molecule has 2 aromatic rings. The van der Waals surface area contributed by atoms with Crippen LogP contribution in [0, 0.1) is 5.92 Å². The Balaban J connectivity index is 0.00000243. The summed E-state index contributed by atoms with van der Waals surface area (Å²) in [6.45, 7) is 4.35. The van der Waals surface area contributed by atoms with Crippen molar-refractivity contribution >= 4 is 45.8 Å². The van der Waals surface area contributed by atoms with E-state index in [0.29, 0.717) is 39.7 Å². The topological polar surface area (TPSA) is 51.2 Å². The first-order chi connectivity index (χ1) is 12.0. The van der Waals surface area contributed by atoms with Crippen LogP contribution >= 0.6 is 23.2 Å². The molecule has 0 spiro atoms. The third-order valence-corrected chi connectivity index (χ3v) is 5.66. The number of hydrogen-bond donors (Lipinski definition) is 1. The number of anilines is 1. The molecule has 1 aliphatic carbocycles. The van der Waals surface area contributed by atoms with Crippen LogP contribution in [0.3, 0.4) is 0 Å². The number of rotatable bonds is 4. The molecule has 26 heavy (non-hydrogen) atoms. The van der Waals surface area contributed by atoms with Gasteiger partial charge in [-0.3, -0.25) is 4.98 Å². The standard InChI is InChI=1S/C19H22Cl2N2O2.ClH/c1-3-25-19(24)13-10-22-18-12(8-9-14(20)16(18)21)17(13)23-15-7-5-4-6-11(15)2;/h8-11,15H,3-7H2,1-2H3,(H,22,23);1H/p-1. The van der Waals surface area contributed by atoms with Crippen molar-refractivity contribution in [1.29, 1.82) is 0 Å². The van der Waals surface area contributed by atoms with Crippen LogP contribution in [0.2, 0.25) is 10.0 Å². The van der Waals surface area contributed by atoms with Crippen molar-refractivity contribution in [1.82, 2.24) is 4.98 Å². The summed E-state index contributed by atoms with van der Waals surface area (Å²) in [5.74, 6) is 0.156. The molecule has 2 unspecified atom stereocenters. The van der Waals surface area contributed by atoms with Gasteiger partial charge in [0.05, 0.1) is 27.9 Å². The first kappa shape index (κ1) is 21.1. The molecule has 1 aliphatic rings. The SMILES string of the molecule is CCOC(=O)c1cnc2c(Cl)c(Cl)ccc2c1NC1CCCCC1C.[Cl-]. The number of nitrogens with zero attached hydrogens (tertiary/aromatic N) is 1. The van der Waals surface area contributed by atoms with Crippen molar-refractivity contribution in [3.8, 4) is 0 Å². The normalized spacial score (nSPS) is 19.7. The van der Waals surface area contributed by atoms with E-state index < -0.39 is 0 Å². The lowest BCUT2D eigenvalue weighted by molar-refractivity contribution is -0.0000232. The molecule has 7 heteroatoms. The minimum absolute atomic E-state index is 0. The smallest absolute Gasteiger partial charge is 0.341 e. The van der Waals surface area contributed by atoms with Crippen molar-refractivity contribution in [3.05, 3.63) is 33.9 Å². The van der Waals surface area contributed by atoms with Gasteiger partial charge in [0.2, 0.25) is 0 Å². The Bertz CT molecular complexity index is 798. The van der Waals surface area contributed by atoms with Crippen LogP contribution < -0.4 is 17.7 Å². The van der Waals surface area contributed by atoms with E-state index >= 15 is 0 Å². The van der Waals surface area contributed by atoms with Crippen molar-refractivity contribution < 1.29 is 21.9 Å².